The molecule has 1 aliphatic heterocycles. The number of carboxylic acid groups (broad SMARTS) is 1. The van der Waals surface area contributed by atoms with Gasteiger partial charge in [-0.25, -0.2) is 4.79 Å². The molecule has 2 aromatic heterocycles. The molecule has 6 nitrogen and oxygen atoms in total. The molecule has 1 N–H and O–H groups in total. The lowest BCUT2D eigenvalue weighted by Gasteiger charge is -2.35. The first-order chi connectivity index (χ1) is 13.0. The minimum absolute atomic E-state index is 0.128. The van der Waals surface area contributed by atoms with Crippen molar-refractivity contribution in [2.45, 2.75) is 6.92 Å². The summed E-state index contributed by atoms with van der Waals surface area (Å²) in [6.45, 7) is 4.73. The zero-order valence-corrected chi connectivity index (χ0v) is 15.9. The predicted molar refractivity (Wildman–Crippen MR) is 109 cm³/mol. The Kier molecular flexibility index (Phi) is 6.03. The summed E-state index contributed by atoms with van der Waals surface area (Å²) < 4.78 is 0. The van der Waals surface area contributed by atoms with Crippen LogP contribution >= 0.6 is 11.3 Å². The van der Waals surface area contributed by atoms with Crippen LogP contribution in [0.15, 0.2) is 35.9 Å². The fraction of sp³-hybridized carbons (Fsp3) is 0.250. The van der Waals surface area contributed by atoms with Crippen LogP contribution in [0, 0.1) is 0 Å². The van der Waals surface area contributed by atoms with Crippen molar-refractivity contribution in [1.82, 2.24) is 9.88 Å². The number of thiophene rings is 1. The Labute approximate surface area is 162 Å². The summed E-state index contributed by atoms with van der Waals surface area (Å²) in [5.41, 5.74) is 2.93. The summed E-state index contributed by atoms with van der Waals surface area (Å²) >= 11 is 1.49. The number of amides is 1. The number of rotatable bonds is 5. The topological polar surface area (TPSA) is 73.7 Å². The average molecular weight is 383 g/mol. The molecule has 0 saturated carbocycles. The molecule has 3 heterocycles. The number of anilines is 1. The van der Waals surface area contributed by atoms with Crippen molar-refractivity contribution >= 4 is 47.1 Å². The Morgan fingerprint density at radius 1 is 1.15 bits per heavy atom. The fourth-order valence-corrected chi connectivity index (χ4v) is 3.61. The normalized spacial score (nSPS) is 15.0. The van der Waals surface area contributed by atoms with Gasteiger partial charge in [-0.15, -0.1) is 11.3 Å². The molecule has 140 valence electrons. The average Bonchev–Trinajstić information content (AvgIpc) is 3.13. The van der Waals surface area contributed by atoms with Gasteiger partial charge in [-0.1, -0.05) is 6.08 Å². The number of aliphatic carboxylic acids is 1. The van der Waals surface area contributed by atoms with Gasteiger partial charge in [-0.05, 0) is 41.3 Å². The van der Waals surface area contributed by atoms with E-state index in [0.717, 1.165) is 54.1 Å². The van der Waals surface area contributed by atoms with Gasteiger partial charge >= 0.3 is 5.97 Å². The van der Waals surface area contributed by atoms with Crippen LogP contribution in [-0.2, 0) is 9.59 Å². The van der Waals surface area contributed by atoms with Crippen LogP contribution < -0.4 is 4.90 Å². The quantitative estimate of drug-likeness (QED) is 0.803. The van der Waals surface area contributed by atoms with Crippen molar-refractivity contribution in [2.75, 3.05) is 31.1 Å². The number of pyridine rings is 1. The number of piperazine rings is 1. The Bertz CT molecular complexity index is 863. The molecule has 0 unspecified atom stereocenters. The van der Waals surface area contributed by atoms with E-state index in [1.807, 2.05) is 46.8 Å². The molecule has 1 aliphatic rings. The highest BCUT2D eigenvalue weighted by atomic mass is 32.1. The lowest BCUT2D eigenvalue weighted by atomic mass is 10.2. The van der Waals surface area contributed by atoms with Crippen LogP contribution in [0.4, 0.5) is 5.69 Å². The number of carbonyl (C=O) groups excluding carboxylic acids is 1. The Hall–Kier alpha value is -2.93. The molecule has 0 bridgehead atoms. The van der Waals surface area contributed by atoms with Gasteiger partial charge in [0.2, 0.25) is 5.91 Å². The number of hydrogen-bond acceptors (Lipinski definition) is 5. The van der Waals surface area contributed by atoms with Crippen LogP contribution in [0.2, 0.25) is 0 Å². The lowest BCUT2D eigenvalue weighted by molar-refractivity contribution is -0.131. The van der Waals surface area contributed by atoms with E-state index in [0.29, 0.717) is 0 Å². The Balaban J connectivity index is 1.59. The second-order valence-corrected chi connectivity index (χ2v) is 7.16. The third kappa shape index (κ3) is 5.27. The summed E-state index contributed by atoms with van der Waals surface area (Å²) in [5.74, 6) is -0.823. The van der Waals surface area contributed by atoms with E-state index in [1.165, 1.54) is 11.3 Å². The summed E-state index contributed by atoms with van der Waals surface area (Å²) in [4.78, 5) is 31.4. The summed E-state index contributed by atoms with van der Waals surface area (Å²) in [5, 5.41) is 10.6. The molecule has 1 fully saturated rings. The first-order valence-electron chi connectivity index (χ1n) is 8.65. The number of aromatic nitrogens is 1. The van der Waals surface area contributed by atoms with E-state index >= 15 is 0 Å². The van der Waals surface area contributed by atoms with Crippen LogP contribution in [-0.4, -0.2) is 53.0 Å². The van der Waals surface area contributed by atoms with Gasteiger partial charge in [0, 0.05) is 44.1 Å². The van der Waals surface area contributed by atoms with Gasteiger partial charge in [-0.3, -0.25) is 9.78 Å². The molecular formula is C20H21N3O3S. The van der Waals surface area contributed by atoms with E-state index in [2.05, 4.69) is 9.88 Å². The van der Waals surface area contributed by atoms with Gasteiger partial charge in [0.1, 0.15) is 0 Å². The molecule has 1 saturated heterocycles. The van der Waals surface area contributed by atoms with E-state index in [1.54, 1.807) is 13.0 Å². The summed E-state index contributed by atoms with van der Waals surface area (Å²) in [6.07, 6.45) is 8.48. The molecule has 0 aliphatic carbocycles. The van der Waals surface area contributed by atoms with Crippen LogP contribution in [0.3, 0.4) is 0 Å². The highest BCUT2D eigenvalue weighted by Gasteiger charge is 2.18. The monoisotopic (exact) mass is 383 g/mol. The maximum absolute atomic E-state index is 11.4. The second kappa shape index (κ2) is 8.64. The van der Waals surface area contributed by atoms with E-state index in [9.17, 15) is 9.59 Å². The molecule has 2 aromatic rings. The van der Waals surface area contributed by atoms with Crippen LogP contribution in [0.25, 0.3) is 18.2 Å². The second-order valence-electron chi connectivity index (χ2n) is 6.22. The summed E-state index contributed by atoms with van der Waals surface area (Å²) in [7, 11) is 0. The molecule has 0 radical (unpaired) electrons. The van der Waals surface area contributed by atoms with Crippen molar-refractivity contribution in [2.24, 2.45) is 0 Å². The maximum atomic E-state index is 11.4. The highest BCUT2D eigenvalue weighted by molar-refractivity contribution is 7.11. The van der Waals surface area contributed by atoms with Crippen molar-refractivity contribution in [3.63, 3.8) is 0 Å². The maximum Gasteiger partial charge on any atom is 0.328 e. The molecule has 3 rings (SSSR count). The van der Waals surface area contributed by atoms with Gasteiger partial charge in [0.15, 0.2) is 0 Å². The van der Waals surface area contributed by atoms with E-state index < -0.39 is 5.97 Å². The van der Waals surface area contributed by atoms with Gasteiger partial charge < -0.3 is 14.9 Å². The van der Waals surface area contributed by atoms with Gasteiger partial charge in [-0.2, -0.15) is 0 Å². The molecule has 0 spiro atoms. The largest absolute Gasteiger partial charge is 0.478 e. The zero-order valence-electron chi connectivity index (χ0n) is 15.0. The Morgan fingerprint density at radius 3 is 2.56 bits per heavy atom. The number of carboxylic acids is 1. The van der Waals surface area contributed by atoms with Crippen LogP contribution in [0.5, 0.6) is 0 Å². The molecule has 27 heavy (non-hydrogen) atoms. The van der Waals surface area contributed by atoms with Crippen molar-refractivity contribution in [3.05, 3.63) is 52.0 Å². The van der Waals surface area contributed by atoms with Gasteiger partial charge in [0.05, 0.1) is 17.6 Å². The molecule has 7 heteroatoms. The lowest BCUT2D eigenvalue weighted by Crippen LogP contribution is -2.48. The zero-order chi connectivity index (χ0) is 19.2. The van der Waals surface area contributed by atoms with Gasteiger partial charge in [0.25, 0.3) is 0 Å². The third-order valence-corrected chi connectivity index (χ3v) is 5.25. The molecular weight excluding hydrogens is 362 g/mol. The fourth-order valence-electron chi connectivity index (χ4n) is 2.84. The first kappa shape index (κ1) is 18.8. The SMILES string of the molecule is CC(=O)N1CCN(c2ccc(/C=C/c3csc(/C=C/C(=O)O)c3)nc2)CC1. The van der Waals surface area contributed by atoms with Crippen molar-refractivity contribution in [1.29, 1.82) is 0 Å². The van der Waals surface area contributed by atoms with E-state index in [-0.39, 0.29) is 5.91 Å². The highest BCUT2D eigenvalue weighted by Crippen LogP contribution is 2.20. The molecule has 0 atom stereocenters. The van der Waals surface area contributed by atoms with Crippen molar-refractivity contribution in [3.8, 4) is 0 Å². The minimum Gasteiger partial charge on any atom is -0.478 e. The summed E-state index contributed by atoms with van der Waals surface area (Å²) in [6, 6.07) is 5.95. The molecule has 1 amide bonds. The first-order valence-corrected chi connectivity index (χ1v) is 9.53. The smallest absolute Gasteiger partial charge is 0.328 e. The van der Waals surface area contributed by atoms with E-state index in [4.69, 9.17) is 5.11 Å². The number of nitrogens with zero attached hydrogens (tertiary/aromatic N) is 3. The van der Waals surface area contributed by atoms with Crippen LogP contribution in [0.1, 0.15) is 23.1 Å². The molecule has 0 aromatic carbocycles. The number of carbonyl (C=O) groups is 2. The Morgan fingerprint density at radius 2 is 1.93 bits per heavy atom. The third-order valence-electron chi connectivity index (χ3n) is 4.34. The number of hydrogen-bond donors (Lipinski definition) is 1. The van der Waals surface area contributed by atoms with Crippen molar-refractivity contribution < 1.29 is 14.7 Å². The predicted octanol–water partition coefficient (Wildman–Crippen LogP) is 3.08. The minimum atomic E-state index is -0.951. The standard InChI is InChI=1S/C20H21N3O3S/c1-15(24)22-8-10-23(11-9-22)18-5-4-17(21-13-18)3-2-16-12-19(27-14-16)6-7-20(25)26/h2-7,12-14H,8-11H2,1H3,(H,25,26)/b3-2+,7-6+.